The van der Waals surface area contributed by atoms with Crippen LogP contribution in [0.1, 0.15) is 6.92 Å². The molecule has 0 amide bonds. The third kappa shape index (κ3) is 4.85. The Balaban J connectivity index is 3.18. The highest BCUT2D eigenvalue weighted by Gasteiger charge is 1.88. The van der Waals surface area contributed by atoms with Gasteiger partial charge in [-0.3, -0.25) is 4.79 Å². The fraction of sp³-hybridized carbons (Fsp3) is 0.500. The monoisotopic (exact) mass is 114 g/mol. The fourth-order valence-corrected chi connectivity index (χ4v) is 0.188. The minimum Gasteiger partial charge on any atom is -0.454 e. The minimum atomic E-state index is -0.384. The van der Waals surface area contributed by atoms with E-state index >= 15 is 0 Å². The molecule has 0 aliphatic rings. The van der Waals surface area contributed by atoms with Gasteiger partial charge in [-0.2, -0.15) is 4.79 Å². The van der Waals surface area contributed by atoms with Crippen LogP contribution in [-0.4, -0.2) is 23.6 Å². The average Bonchev–Trinajstić information content (AvgIpc) is 1.66. The minimum absolute atomic E-state index is 0.0336. The molecule has 0 fully saturated rings. The van der Waals surface area contributed by atoms with Gasteiger partial charge in [0, 0.05) is 6.92 Å². The highest BCUT2D eigenvalue weighted by atomic mass is 16.5. The van der Waals surface area contributed by atoms with E-state index < -0.39 is 0 Å². The molecule has 0 aromatic rings. The molecule has 44 valence electrons. The van der Waals surface area contributed by atoms with Gasteiger partial charge in [0.2, 0.25) is 0 Å². The van der Waals surface area contributed by atoms with Crippen molar-refractivity contribution in [3.63, 3.8) is 0 Å². The molecule has 0 aliphatic carbocycles. The molecular weight excluding hydrogens is 108 g/mol. The first-order chi connectivity index (χ1) is 3.77. The Labute approximate surface area is 46.7 Å². The molecule has 0 spiro atoms. The first-order valence-corrected chi connectivity index (χ1v) is 2.06. The summed E-state index contributed by atoms with van der Waals surface area (Å²) in [4.78, 5) is 12.6. The number of rotatable bonds is 2. The summed E-state index contributed by atoms with van der Waals surface area (Å²) < 4.78 is 4.33. The van der Waals surface area contributed by atoms with Crippen LogP contribution in [0.4, 0.5) is 0 Å². The maximum atomic E-state index is 9.95. The van der Waals surface area contributed by atoms with Gasteiger partial charge in [0.25, 0.3) is 6.21 Å². The summed E-state index contributed by atoms with van der Waals surface area (Å²) in [7, 11) is 0. The van der Waals surface area contributed by atoms with Crippen LogP contribution in [0.25, 0.3) is 5.53 Å². The molecule has 0 atom stereocenters. The lowest BCUT2D eigenvalue weighted by molar-refractivity contribution is -0.140. The van der Waals surface area contributed by atoms with E-state index in [9.17, 15) is 4.79 Å². The van der Waals surface area contributed by atoms with Crippen LogP contribution >= 0.6 is 0 Å². The summed E-state index contributed by atoms with van der Waals surface area (Å²) in [5, 5.41) is 0. The van der Waals surface area contributed by atoms with Crippen LogP contribution in [0.3, 0.4) is 0 Å². The van der Waals surface area contributed by atoms with Crippen molar-refractivity contribution in [2.24, 2.45) is 0 Å². The zero-order valence-corrected chi connectivity index (χ0v) is 4.50. The van der Waals surface area contributed by atoms with E-state index in [1.165, 1.54) is 6.92 Å². The molecule has 0 unspecified atom stereocenters. The topological polar surface area (TPSA) is 62.7 Å². The molecule has 8 heavy (non-hydrogen) atoms. The molecule has 4 nitrogen and oxygen atoms in total. The first kappa shape index (κ1) is 6.85. The zero-order valence-electron chi connectivity index (χ0n) is 4.50. The molecule has 0 saturated heterocycles. The van der Waals surface area contributed by atoms with Gasteiger partial charge < -0.3 is 10.3 Å². The lowest BCUT2D eigenvalue weighted by atomic mass is 10.7. The number of hydrogen-bond acceptors (Lipinski definition) is 2. The second-order valence-electron chi connectivity index (χ2n) is 1.10. The van der Waals surface area contributed by atoms with Crippen LogP contribution in [0.2, 0.25) is 0 Å². The van der Waals surface area contributed by atoms with E-state index in [0.29, 0.717) is 0 Å². The second kappa shape index (κ2) is 4.02. The van der Waals surface area contributed by atoms with Crippen molar-refractivity contribution in [3.8, 4) is 0 Å². The summed E-state index contributed by atoms with van der Waals surface area (Å²) in [5.41, 5.74) is 7.76. The summed E-state index contributed by atoms with van der Waals surface area (Å²) >= 11 is 0. The van der Waals surface area contributed by atoms with Crippen molar-refractivity contribution in [1.29, 1.82) is 0 Å². The molecular formula is C4H6N2O2. The fourth-order valence-electron chi connectivity index (χ4n) is 0.188. The number of carbonyl (C=O) groups is 1. The lowest BCUT2D eigenvalue weighted by Gasteiger charge is -1.87. The third-order valence-electron chi connectivity index (χ3n) is 0.443. The van der Waals surface area contributed by atoms with Crippen LogP contribution in [0, 0.1) is 0 Å². The lowest BCUT2D eigenvalue weighted by Crippen LogP contribution is -2.00. The molecule has 0 N–H and O–H groups in total. The third-order valence-corrected chi connectivity index (χ3v) is 0.443. The van der Waals surface area contributed by atoms with Crippen molar-refractivity contribution >= 4 is 12.2 Å². The largest absolute Gasteiger partial charge is 0.454 e. The molecule has 4 heteroatoms. The second-order valence-corrected chi connectivity index (χ2v) is 1.10. The quantitative estimate of drug-likeness (QED) is 0.217. The Bertz CT molecular complexity index is 124. The van der Waals surface area contributed by atoms with Gasteiger partial charge in [-0.25, -0.2) is 0 Å². The van der Waals surface area contributed by atoms with Gasteiger partial charge in [0.1, 0.15) is 0 Å². The number of esters is 1. The number of hydrogen-bond donors (Lipinski definition) is 0. The highest BCUT2D eigenvalue weighted by Crippen LogP contribution is 1.68. The highest BCUT2D eigenvalue weighted by molar-refractivity contribution is 5.68. The molecule has 0 aromatic heterocycles. The van der Waals surface area contributed by atoms with Crippen molar-refractivity contribution in [3.05, 3.63) is 5.53 Å². The van der Waals surface area contributed by atoms with E-state index in [-0.39, 0.29) is 12.6 Å². The first-order valence-electron chi connectivity index (χ1n) is 2.06. The Kier molecular flexibility index (Phi) is 3.44. The Morgan fingerprint density at radius 1 is 2.00 bits per heavy atom. The molecule has 0 rings (SSSR count). The van der Waals surface area contributed by atoms with E-state index in [4.69, 9.17) is 5.53 Å². The smallest absolute Gasteiger partial charge is 0.303 e. The summed E-state index contributed by atoms with van der Waals surface area (Å²) in [5.74, 6) is -0.384. The number of ether oxygens (including phenoxy) is 1. The van der Waals surface area contributed by atoms with Gasteiger partial charge in [-0.05, 0) is 0 Å². The Morgan fingerprint density at radius 2 is 2.62 bits per heavy atom. The van der Waals surface area contributed by atoms with Crippen LogP contribution < -0.4 is 0 Å². The van der Waals surface area contributed by atoms with Gasteiger partial charge in [0.05, 0.1) is 0 Å². The molecule has 0 heterocycles. The number of nitrogens with zero attached hydrogens (tertiary/aromatic N) is 2. The molecule has 0 aromatic carbocycles. The standard InChI is InChI=1S/C4H6N2O2/c1-4(7)8-3-2-6-5/h2H,3H2,1H3. The van der Waals surface area contributed by atoms with Crippen molar-refractivity contribution in [1.82, 2.24) is 0 Å². The van der Waals surface area contributed by atoms with Crippen LogP contribution in [-0.2, 0) is 9.53 Å². The average molecular weight is 114 g/mol. The molecule has 0 bridgehead atoms. The van der Waals surface area contributed by atoms with Gasteiger partial charge in [0.15, 0.2) is 6.61 Å². The number of carbonyl (C=O) groups excluding carboxylic acids is 1. The van der Waals surface area contributed by atoms with E-state index in [2.05, 4.69) is 9.53 Å². The maximum Gasteiger partial charge on any atom is 0.303 e. The van der Waals surface area contributed by atoms with Crippen molar-refractivity contribution in [2.45, 2.75) is 6.92 Å². The van der Waals surface area contributed by atoms with E-state index in [1.807, 2.05) is 0 Å². The Morgan fingerprint density at radius 3 is 3.00 bits per heavy atom. The maximum absolute atomic E-state index is 9.95. The Hall–Kier alpha value is -1.15. The SMILES string of the molecule is CC(=O)OCC=[N+]=[N-]. The van der Waals surface area contributed by atoms with E-state index in [0.717, 1.165) is 6.21 Å². The van der Waals surface area contributed by atoms with Gasteiger partial charge in [-0.15, -0.1) is 0 Å². The molecule has 0 aliphatic heterocycles. The zero-order chi connectivity index (χ0) is 6.41. The normalized spacial score (nSPS) is 7.12. The van der Waals surface area contributed by atoms with Crippen molar-refractivity contribution < 1.29 is 14.3 Å². The van der Waals surface area contributed by atoms with Gasteiger partial charge in [-0.1, -0.05) is 0 Å². The van der Waals surface area contributed by atoms with Crippen molar-refractivity contribution in [2.75, 3.05) is 6.61 Å². The molecule has 0 saturated carbocycles. The summed E-state index contributed by atoms with van der Waals surface area (Å²) in [6, 6.07) is 0. The predicted molar refractivity (Wildman–Crippen MR) is 26.3 cm³/mol. The van der Waals surface area contributed by atoms with Crippen LogP contribution in [0.15, 0.2) is 0 Å². The summed E-state index contributed by atoms with van der Waals surface area (Å²) in [6.45, 7) is 1.32. The van der Waals surface area contributed by atoms with E-state index in [1.54, 1.807) is 0 Å². The summed E-state index contributed by atoms with van der Waals surface area (Å²) in [6.07, 6.45) is 1.08. The van der Waals surface area contributed by atoms with Gasteiger partial charge >= 0.3 is 5.97 Å². The predicted octanol–water partition coefficient (Wildman–Crippen LogP) is -0.150. The molecule has 0 radical (unpaired) electrons. The van der Waals surface area contributed by atoms with Crippen LogP contribution in [0.5, 0.6) is 0 Å².